The lowest BCUT2D eigenvalue weighted by atomic mass is 9.67. The van der Waals surface area contributed by atoms with Crippen LogP contribution in [0.1, 0.15) is 55.6 Å². The molecule has 0 aliphatic heterocycles. The van der Waals surface area contributed by atoms with E-state index in [9.17, 15) is 0 Å². The van der Waals surface area contributed by atoms with Crippen molar-refractivity contribution in [2.45, 2.75) is 24.7 Å². The van der Waals surface area contributed by atoms with E-state index in [4.69, 9.17) is 9.97 Å². The van der Waals surface area contributed by atoms with Crippen LogP contribution in [0.25, 0.3) is 110 Å². The maximum atomic E-state index is 4.95. The van der Waals surface area contributed by atoms with Gasteiger partial charge in [0.25, 0.3) is 0 Å². The highest BCUT2D eigenvalue weighted by molar-refractivity contribution is 6.28. The summed E-state index contributed by atoms with van der Waals surface area (Å²) in [5, 5.41) is 9.38. The molecule has 0 spiro atoms. The minimum absolute atomic E-state index is 0.567. The van der Waals surface area contributed by atoms with E-state index in [-0.39, 0.29) is 0 Å². The summed E-state index contributed by atoms with van der Waals surface area (Å²) in [6.45, 7) is 4.40. The smallest absolute Gasteiger partial charge is 0.0970 e. The van der Waals surface area contributed by atoms with Crippen molar-refractivity contribution >= 4 is 88.2 Å². The zero-order valence-electron chi connectivity index (χ0n) is 59.7. The second-order valence-corrected chi connectivity index (χ2v) is 29.2. The van der Waals surface area contributed by atoms with E-state index >= 15 is 0 Å². The molecule has 4 nitrogen and oxygen atoms in total. The molecule has 2 heterocycles. The fourth-order valence-corrected chi connectivity index (χ4v) is 18.7. The Labute approximate surface area is 628 Å². The molecular weight excluding hydrogens is 1310 g/mol. The third kappa shape index (κ3) is 9.56. The Kier molecular flexibility index (Phi) is 14.5. The summed E-state index contributed by atoms with van der Waals surface area (Å²) in [7, 11) is 0. The summed E-state index contributed by atoms with van der Waals surface area (Å²) in [4.78, 5) is 14.9. The van der Waals surface area contributed by atoms with Crippen molar-refractivity contribution in [3.05, 3.63) is 444 Å². The van der Waals surface area contributed by atoms with Crippen molar-refractivity contribution in [3.63, 3.8) is 0 Å². The van der Waals surface area contributed by atoms with Gasteiger partial charge in [-0.3, -0.25) is 9.97 Å². The summed E-state index contributed by atoms with van der Waals surface area (Å²) < 4.78 is 0. The zero-order valence-corrected chi connectivity index (χ0v) is 59.7. The molecule has 0 radical (unpaired) electrons. The van der Waals surface area contributed by atoms with Crippen LogP contribution in [-0.2, 0) is 10.8 Å². The highest BCUT2D eigenvalue weighted by atomic mass is 15.2. The lowest BCUT2D eigenvalue weighted by Gasteiger charge is -2.35. The SMILES string of the molecule is Cc1cccc(N(c2cccc(C3(c4ccccc4)c4ccccc4-c4ccccc43)c2)c2ccc3ccc4c(N(c5cccc(C)c5)c5cccc(C6(c7ccccc7)c7ccccc7-c7cc(-c8ccc(-c9ccnc%10c9ccc9c(-c%11ccccc%11)ccnc9%10)cc8)ccc76)c5)ccc5ccc2c3c54)c1. The Morgan fingerprint density at radius 3 is 1.06 bits per heavy atom. The number of anilines is 6. The van der Waals surface area contributed by atoms with Gasteiger partial charge in [0, 0.05) is 56.7 Å². The number of aryl methyl sites for hydroxylation is 2. The van der Waals surface area contributed by atoms with E-state index in [0.29, 0.717) is 0 Å². The van der Waals surface area contributed by atoms with Crippen LogP contribution in [0.15, 0.2) is 389 Å². The average molecular weight is 1380 g/mol. The van der Waals surface area contributed by atoms with E-state index in [0.717, 1.165) is 89.3 Å². The summed E-state index contributed by atoms with van der Waals surface area (Å²) in [6.07, 6.45) is 3.83. The van der Waals surface area contributed by atoms with Gasteiger partial charge < -0.3 is 9.80 Å². The van der Waals surface area contributed by atoms with Gasteiger partial charge in [-0.05, 0) is 226 Å². The first-order chi connectivity index (χ1) is 53.4. The van der Waals surface area contributed by atoms with Crippen molar-refractivity contribution in [1.82, 2.24) is 9.97 Å². The van der Waals surface area contributed by atoms with Crippen LogP contribution in [0.4, 0.5) is 34.1 Å². The van der Waals surface area contributed by atoms with Crippen LogP contribution in [0.3, 0.4) is 0 Å². The van der Waals surface area contributed by atoms with Gasteiger partial charge in [-0.1, -0.05) is 297 Å². The molecule has 17 aromatic carbocycles. The average Bonchev–Trinajstić information content (AvgIpc) is 1.55. The molecule has 2 aliphatic carbocycles. The second kappa shape index (κ2) is 24.9. The van der Waals surface area contributed by atoms with Crippen molar-refractivity contribution < 1.29 is 0 Å². The first-order valence-corrected chi connectivity index (χ1v) is 37.4. The minimum Gasteiger partial charge on any atom is -0.310 e. The van der Waals surface area contributed by atoms with Crippen LogP contribution in [0.2, 0.25) is 0 Å². The lowest BCUT2D eigenvalue weighted by Crippen LogP contribution is -2.28. The van der Waals surface area contributed by atoms with E-state index < -0.39 is 10.8 Å². The molecule has 2 aliphatic rings. The molecule has 21 rings (SSSR count). The summed E-state index contributed by atoms with van der Waals surface area (Å²) in [5.41, 5.74) is 31.4. The number of benzene rings is 17. The third-order valence-corrected chi connectivity index (χ3v) is 23.3. The molecule has 19 aromatic rings. The van der Waals surface area contributed by atoms with Crippen molar-refractivity contribution in [2.24, 2.45) is 0 Å². The fraction of sp³-hybridized carbons (Fsp3) is 0.0385. The largest absolute Gasteiger partial charge is 0.310 e. The first kappa shape index (κ1) is 62.7. The van der Waals surface area contributed by atoms with Crippen molar-refractivity contribution in [1.29, 1.82) is 0 Å². The van der Waals surface area contributed by atoms with Crippen LogP contribution in [0, 0.1) is 13.8 Å². The van der Waals surface area contributed by atoms with Gasteiger partial charge in [0.1, 0.15) is 0 Å². The number of nitrogens with zero attached hydrogens (tertiary/aromatic N) is 4. The van der Waals surface area contributed by atoms with Crippen LogP contribution in [-0.4, -0.2) is 9.97 Å². The monoisotopic (exact) mass is 1370 g/mol. The van der Waals surface area contributed by atoms with Gasteiger partial charge in [-0.15, -0.1) is 0 Å². The first-order valence-electron chi connectivity index (χ1n) is 37.4. The summed E-state index contributed by atoms with van der Waals surface area (Å²) in [6, 6.07) is 141. The zero-order chi connectivity index (χ0) is 71.6. The summed E-state index contributed by atoms with van der Waals surface area (Å²) >= 11 is 0. The van der Waals surface area contributed by atoms with E-state index in [1.54, 1.807) is 0 Å². The Morgan fingerprint density at radius 1 is 0.231 bits per heavy atom. The Hall–Kier alpha value is -13.8. The molecular formula is C104H70N4. The van der Waals surface area contributed by atoms with Crippen LogP contribution in [0.5, 0.6) is 0 Å². The normalized spacial score (nSPS) is 13.9. The van der Waals surface area contributed by atoms with Crippen LogP contribution >= 0.6 is 0 Å². The molecule has 0 amide bonds. The highest BCUT2D eigenvalue weighted by Gasteiger charge is 2.48. The Bertz CT molecular complexity index is 6740. The second-order valence-electron chi connectivity index (χ2n) is 29.2. The van der Waals surface area contributed by atoms with Gasteiger partial charge >= 0.3 is 0 Å². The molecule has 1 atom stereocenters. The number of pyridine rings is 2. The third-order valence-electron chi connectivity index (χ3n) is 23.3. The molecule has 506 valence electrons. The quantitative estimate of drug-likeness (QED) is 0.108. The predicted octanol–water partition coefficient (Wildman–Crippen LogP) is 27.0. The van der Waals surface area contributed by atoms with E-state index in [2.05, 4.69) is 400 Å². The molecule has 2 aromatic heterocycles. The standard InChI is InChI=1S/C104H70N4/c1-67-22-18-32-79(62-67)107(81-34-20-30-77(65-81)103(75-26-8-4-9-27-75)93-39-15-12-36-85(93)86-37-13-16-40-94(86)103)97-56-49-72-47-52-91-98(57-50-73-46-51-90(97)99(72)100(73)91)108(80-33-19-23-68(2)63-80)82-35-21-31-78(66-82)104(76-28-10-5-11-29-76)95-41-17-14-38-87(95)92-64-74(48-55-96(92)104)69-42-44-71(45-43-69)84-59-61-106-102-89(84)54-53-88-83(58-60-105-101(88)102)70-24-6-3-7-25-70/h3-66H,1-2H3. The number of hydrogen-bond acceptors (Lipinski definition) is 4. The topological polar surface area (TPSA) is 32.3 Å². The van der Waals surface area contributed by atoms with E-state index in [1.807, 2.05) is 12.4 Å². The Morgan fingerprint density at radius 2 is 0.593 bits per heavy atom. The predicted molar refractivity (Wildman–Crippen MR) is 451 cm³/mol. The summed E-state index contributed by atoms with van der Waals surface area (Å²) in [5.74, 6) is 0. The van der Waals surface area contributed by atoms with Gasteiger partial charge in [0.15, 0.2) is 0 Å². The molecule has 0 bridgehead atoms. The van der Waals surface area contributed by atoms with Gasteiger partial charge in [-0.2, -0.15) is 0 Å². The molecule has 1 unspecified atom stereocenters. The van der Waals surface area contributed by atoms with Gasteiger partial charge in [0.2, 0.25) is 0 Å². The molecule has 108 heavy (non-hydrogen) atoms. The number of fused-ring (bicyclic) bond motifs is 9. The highest BCUT2D eigenvalue weighted by Crippen LogP contribution is 2.60. The van der Waals surface area contributed by atoms with Crippen molar-refractivity contribution in [2.75, 3.05) is 9.80 Å². The number of hydrogen-bond donors (Lipinski definition) is 0. The molecule has 4 heteroatoms. The maximum Gasteiger partial charge on any atom is 0.0970 e. The van der Waals surface area contributed by atoms with Crippen molar-refractivity contribution in [3.8, 4) is 55.6 Å². The maximum absolute atomic E-state index is 4.95. The number of aromatic nitrogens is 2. The molecule has 0 N–H and O–H groups in total. The fourth-order valence-electron chi connectivity index (χ4n) is 18.7. The van der Waals surface area contributed by atoms with Gasteiger partial charge in [-0.25, -0.2) is 0 Å². The Balaban J connectivity index is 0.696. The molecule has 0 saturated heterocycles. The van der Waals surface area contributed by atoms with Crippen LogP contribution < -0.4 is 9.80 Å². The number of rotatable bonds is 13. The van der Waals surface area contributed by atoms with E-state index in [1.165, 1.54) is 110 Å². The molecule has 0 saturated carbocycles. The minimum atomic E-state index is -0.677. The van der Waals surface area contributed by atoms with Gasteiger partial charge in [0.05, 0.1) is 33.2 Å². The molecule has 0 fully saturated rings. The lowest BCUT2D eigenvalue weighted by molar-refractivity contribution is 0.768.